The van der Waals surface area contributed by atoms with Gasteiger partial charge in [0.15, 0.2) is 5.82 Å². The number of carbonyl (C=O) groups is 1. The van der Waals surface area contributed by atoms with E-state index in [9.17, 15) is 13.2 Å². The molecule has 0 aliphatic rings. The van der Waals surface area contributed by atoms with Crippen LogP contribution in [0.3, 0.4) is 0 Å². The summed E-state index contributed by atoms with van der Waals surface area (Å²) in [7, 11) is -4.07. The summed E-state index contributed by atoms with van der Waals surface area (Å²) in [6.45, 7) is 3.21. The molecule has 1 aromatic heterocycles. The van der Waals surface area contributed by atoms with Gasteiger partial charge in [-0.15, -0.1) is 0 Å². The number of nitrogens with one attached hydrogen (secondary N) is 2. The quantitative estimate of drug-likeness (QED) is 0.870. The normalized spacial score (nSPS) is 11.1. The smallest absolute Gasteiger partial charge is 0.422 e. The number of nitrogens with zero attached hydrogens (tertiary/aromatic N) is 1. The zero-order valence-corrected chi connectivity index (χ0v) is 12.1. The Kier molecular flexibility index (Phi) is 4.91. The highest BCUT2D eigenvalue weighted by atomic mass is 79.9. The maximum Gasteiger partial charge on any atom is 0.422 e. The largest absolute Gasteiger partial charge is 0.446 e. The van der Waals surface area contributed by atoms with E-state index < -0.39 is 22.4 Å². The first-order chi connectivity index (χ1) is 8.30. The second kappa shape index (κ2) is 6.01. The van der Waals surface area contributed by atoms with E-state index >= 15 is 0 Å². The van der Waals surface area contributed by atoms with E-state index in [1.165, 1.54) is 6.20 Å². The molecule has 0 saturated heterocycles. The van der Waals surface area contributed by atoms with Crippen molar-refractivity contribution in [2.75, 3.05) is 4.72 Å². The molecule has 100 valence electrons. The summed E-state index contributed by atoms with van der Waals surface area (Å²) in [5.41, 5.74) is 0. The van der Waals surface area contributed by atoms with E-state index in [4.69, 9.17) is 0 Å². The zero-order chi connectivity index (χ0) is 13.8. The number of halogens is 1. The first kappa shape index (κ1) is 14.7. The van der Waals surface area contributed by atoms with Crippen LogP contribution in [-0.4, -0.2) is 25.6 Å². The standard InChI is InChI=1S/C9H12BrN3O4S/c1-6(2)17-9(14)13-18(15,16)12-8-7(10)4-3-5-11-8/h3-6H,1-2H3,(H,11,12)(H,13,14). The third-order valence-electron chi connectivity index (χ3n) is 1.55. The second-order valence-electron chi connectivity index (χ2n) is 3.50. The minimum absolute atomic E-state index is 0.0716. The van der Waals surface area contributed by atoms with Gasteiger partial charge < -0.3 is 4.74 Å². The Labute approximate surface area is 113 Å². The molecule has 1 rings (SSSR count). The monoisotopic (exact) mass is 337 g/mol. The van der Waals surface area contributed by atoms with Crippen molar-refractivity contribution in [3.05, 3.63) is 22.8 Å². The topological polar surface area (TPSA) is 97.4 Å². The number of amides is 1. The van der Waals surface area contributed by atoms with Crippen LogP contribution in [0.25, 0.3) is 0 Å². The molecule has 18 heavy (non-hydrogen) atoms. The molecule has 1 heterocycles. The highest BCUT2D eigenvalue weighted by Crippen LogP contribution is 2.18. The molecule has 0 aliphatic heterocycles. The number of hydrogen-bond acceptors (Lipinski definition) is 5. The van der Waals surface area contributed by atoms with Gasteiger partial charge in [-0.05, 0) is 41.9 Å². The number of anilines is 1. The van der Waals surface area contributed by atoms with E-state index in [1.54, 1.807) is 30.7 Å². The number of aromatic nitrogens is 1. The molecule has 0 unspecified atom stereocenters. The van der Waals surface area contributed by atoms with Gasteiger partial charge in [-0.25, -0.2) is 19.2 Å². The van der Waals surface area contributed by atoms with E-state index in [-0.39, 0.29) is 5.82 Å². The van der Waals surface area contributed by atoms with Crippen molar-refractivity contribution in [2.45, 2.75) is 20.0 Å². The summed E-state index contributed by atoms with van der Waals surface area (Å²) in [6, 6.07) is 3.24. The summed E-state index contributed by atoms with van der Waals surface area (Å²) in [5, 5.41) is 0. The Morgan fingerprint density at radius 2 is 2.17 bits per heavy atom. The molecule has 0 atom stereocenters. The molecule has 0 saturated carbocycles. The number of rotatable bonds is 4. The van der Waals surface area contributed by atoms with E-state index in [0.29, 0.717) is 4.47 Å². The predicted octanol–water partition coefficient (Wildman–Crippen LogP) is 1.64. The van der Waals surface area contributed by atoms with Crippen molar-refractivity contribution >= 4 is 38.1 Å². The lowest BCUT2D eigenvalue weighted by Crippen LogP contribution is -2.37. The highest BCUT2D eigenvalue weighted by Gasteiger charge is 2.17. The average Bonchev–Trinajstić information content (AvgIpc) is 2.18. The van der Waals surface area contributed by atoms with Gasteiger partial charge in [0.1, 0.15) is 0 Å². The molecule has 2 N–H and O–H groups in total. The van der Waals surface area contributed by atoms with Crippen LogP contribution in [0.15, 0.2) is 22.8 Å². The van der Waals surface area contributed by atoms with Gasteiger partial charge in [0.05, 0.1) is 10.6 Å². The van der Waals surface area contributed by atoms with Gasteiger partial charge in [-0.1, -0.05) is 0 Å². The third kappa shape index (κ3) is 4.88. The molecular formula is C9H12BrN3O4S. The minimum atomic E-state index is -4.07. The van der Waals surface area contributed by atoms with Gasteiger partial charge in [0.25, 0.3) is 0 Å². The lowest BCUT2D eigenvalue weighted by molar-refractivity contribution is 0.121. The number of pyridine rings is 1. The fourth-order valence-electron chi connectivity index (χ4n) is 0.961. The van der Waals surface area contributed by atoms with Crippen molar-refractivity contribution in [1.29, 1.82) is 0 Å². The van der Waals surface area contributed by atoms with Crippen LogP contribution in [-0.2, 0) is 14.9 Å². The zero-order valence-electron chi connectivity index (χ0n) is 9.68. The van der Waals surface area contributed by atoms with Crippen molar-refractivity contribution in [3.8, 4) is 0 Å². The van der Waals surface area contributed by atoms with E-state index in [2.05, 4.69) is 30.4 Å². The maximum absolute atomic E-state index is 11.6. The molecule has 9 heteroatoms. The van der Waals surface area contributed by atoms with Gasteiger partial charge in [0, 0.05) is 6.20 Å². The fraction of sp³-hybridized carbons (Fsp3) is 0.333. The average molecular weight is 338 g/mol. The molecule has 0 spiro atoms. The Hall–Kier alpha value is -1.35. The summed E-state index contributed by atoms with van der Waals surface area (Å²) in [5.74, 6) is 0.0716. The van der Waals surface area contributed by atoms with Gasteiger partial charge >= 0.3 is 16.3 Å². The van der Waals surface area contributed by atoms with Crippen LogP contribution < -0.4 is 9.44 Å². The third-order valence-corrected chi connectivity index (χ3v) is 3.09. The number of ether oxygens (including phenoxy) is 1. The first-order valence-electron chi connectivity index (χ1n) is 4.92. The molecular weight excluding hydrogens is 326 g/mol. The minimum Gasteiger partial charge on any atom is -0.446 e. The molecule has 0 fully saturated rings. The van der Waals surface area contributed by atoms with Crippen molar-refractivity contribution in [1.82, 2.24) is 9.71 Å². The maximum atomic E-state index is 11.6. The van der Waals surface area contributed by atoms with Crippen molar-refractivity contribution in [2.24, 2.45) is 0 Å². The predicted molar refractivity (Wildman–Crippen MR) is 69.2 cm³/mol. The Bertz CT molecular complexity index is 532. The Morgan fingerprint density at radius 3 is 2.72 bits per heavy atom. The Morgan fingerprint density at radius 1 is 1.50 bits per heavy atom. The van der Waals surface area contributed by atoms with Crippen LogP contribution in [0.5, 0.6) is 0 Å². The highest BCUT2D eigenvalue weighted by molar-refractivity contribution is 9.10. The van der Waals surface area contributed by atoms with Gasteiger partial charge in [-0.3, -0.25) is 0 Å². The van der Waals surface area contributed by atoms with Crippen molar-refractivity contribution < 1.29 is 17.9 Å². The second-order valence-corrected chi connectivity index (χ2v) is 5.76. The molecule has 7 nitrogen and oxygen atoms in total. The van der Waals surface area contributed by atoms with Crippen LogP contribution in [0.1, 0.15) is 13.8 Å². The van der Waals surface area contributed by atoms with Crippen LogP contribution >= 0.6 is 15.9 Å². The van der Waals surface area contributed by atoms with Gasteiger partial charge in [-0.2, -0.15) is 8.42 Å². The fourth-order valence-corrected chi connectivity index (χ4v) is 2.18. The van der Waals surface area contributed by atoms with E-state index in [0.717, 1.165) is 0 Å². The lowest BCUT2D eigenvalue weighted by Gasteiger charge is -2.11. The summed E-state index contributed by atoms with van der Waals surface area (Å²) < 4.78 is 32.0. The number of carbonyl (C=O) groups excluding carboxylic acids is 1. The Balaban J connectivity index is 2.72. The summed E-state index contributed by atoms with van der Waals surface area (Å²) in [6.07, 6.45) is -0.0546. The molecule has 0 bridgehead atoms. The number of hydrogen-bond donors (Lipinski definition) is 2. The van der Waals surface area contributed by atoms with Crippen LogP contribution in [0.4, 0.5) is 10.6 Å². The van der Waals surface area contributed by atoms with Crippen LogP contribution in [0.2, 0.25) is 0 Å². The molecule has 0 radical (unpaired) electrons. The molecule has 0 aliphatic carbocycles. The lowest BCUT2D eigenvalue weighted by atomic mass is 10.5. The molecule has 0 aromatic carbocycles. The first-order valence-corrected chi connectivity index (χ1v) is 7.19. The summed E-state index contributed by atoms with van der Waals surface area (Å²) >= 11 is 3.12. The molecule has 1 amide bonds. The van der Waals surface area contributed by atoms with Crippen LogP contribution in [0, 0.1) is 0 Å². The van der Waals surface area contributed by atoms with Gasteiger partial charge in [0.2, 0.25) is 0 Å². The summed E-state index contributed by atoms with van der Waals surface area (Å²) in [4.78, 5) is 15.0. The molecule has 1 aromatic rings. The van der Waals surface area contributed by atoms with Crippen molar-refractivity contribution in [3.63, 3.8) is 0 Å². The SMILES string of the molecule is CC(C)OC(=O)NS(=O)(=O)Nc1ncccc1Br. The van der Waals surface area contributed by atoms with E-state index in [1.807, 2.05) is 0 Å².